The molecule has 10 heteroatoms. The topological polar surface area (TPSA) is 120 Å². The Balaban J connectivity index is 1.20. The van der Waals surface area contributed by atoms with Crippen molar-refractivity contribution >= 4 is 39.3 Å². The fourth-order valence-electron chi connectivity index (χ4n) is 8.11. The monoisotopic (exact) mass is 754 g/mol. The number of carbonyl (C=O) groups excluding carboxylic acids is 2. The van der Waals surface area contributed by atoms with Crippen molar-refractivity contribution in [2.24, 2.45) is 0 Å². The van der Waals surface area contributed by atoms with Crippen LogP contribution in [0.5, 0.6) is 0 Å². The van der Waals surface area contributed by atoms with Crippen LogP contribution in [-0.2, 0) is 0 Å². The summed E-state index contributed by atoms with van der Waals surface area (Å²) in [4.78, 5) is 58.5. The molecule has 278 valence electrons. The Morgan fingerprint density at radius 1 is 0.397 bits per heavy atom. The van der Waals surface area contributed by atoms with E-state index in [1.807, 2.05) is 137 Å². The number of rotatable bonds is 6. The van der Waals surface area contributed by atoms with Crippen molar-refractivity contribution in [3.8, 4) is 50.7 Å². The summed E-state index contributed by atoms with van der Waals surface area (Å²) in [5, 5.41) is 1.90. The lowest BCUT2D eigenvalue weighted by Crippen LogP contribution is -2.30. The SMILES string of the molecule is Cc1nc(C)nc(-c2ccc3c4ccc(-c5nc(C)nc(C)n5)cc4n(-c4cccc5c4C(=O)N(c4ccc(-c6ccccc6)cc4-c4ccccc4)C5=O)c3c2)n1. The molecule has 0 atom stereocenters. The van der Waals surface area contributed by atoms with E-state index in [4.69, 9.17) is 0 Å². The van der Waals surface area contributed by atoms with E-state index in [-0.39, 0.29) is 5.91 Å². The van der Waals surface area contributed by atoms with Crippen molar-refractivity contribution in [1.29, 1.82) is 0 Å². The molecule has 1 aliphatic heterocycles. The Morgan fingerprint density at radius 3 is 1.47 bits per heavy atom. The number of hydrogen-bond donors (Lipinski definition) is 0. The molecule has 10 nitrogen and oxygen atoms in total. The normalized spacial score (nSPS) is 12.5. The number of anilines is 1. The van der Waals surface area contributed by atoms with Gasteiger partial charge in [0.2, 0.25) is 0 Å². The van der Waals surface area contributed by atoms with Crippen molar-refractivity contribution in [2.75, 3.05) is 4.90 Å². The number of imide groups is 1. The predicted octanol–water partition coefficient (Wildman–Crippen LogP) is 9.86. The van der Waals surface area contributed by atoms with E-state index in [2.05, 4.69) is 52.7 Å². The van der Waals surface area contributed by atoms with Gasteiger partial charge >= 0.3 is 0 Å². The molecule has 0 fully saturated rings. The first-order chi connectivity index (χ1) is 28.2. The van der Waals surface area contributed by atoms with Crippen LogP contribution < -0.4 is 4.90 Å². The van der Waals surface area contributed by atoms with Crippen LogP contribution in [0.4, 0.5) is 5.69 Å². The number of fused-ring (bicyclic) bond motifs is 4. The third-order valence-electron chi connectivity index (χ3n) is 10.6. The smallest absolute Gasteiger partial charge is 0.268 e. The Hall–Kier alpha value is -7.72. The van der Waals surface area contributed by atoms with Crippen molar-refractivity contribution in [1.82, 2.24) is 34.5 Å². The zero-order chi connectivity index (χ0) is 39.7. The molecule has 1 aliphatic rings. The molecule has 6 aromatic carbocycles. The van der Waals surface area contributed by atoms with Gasteiger partial charge in [0.1, 0.15) is 23.3 Å². The van der Waals surface area contributed by atoms with Crippen LogP contribution in [-0.4, -0.2) is 46.3 Å². The summed E-state index contributed by atoms with van der Waals surface area (Å²) in [5.74, 6) is 2.77. The zero-order valence-corrected chi connectivity index (χ0v) is 32.1. The van der Waals surface area contributed by atoms with E-state index >= 15 is 4.79 Å². The first-order valence-electron chi connectivity index (χ1n) is 19.0. The van der Waals surface area contributed by atoms with Gasteiger partial charge < -0.3 is 4.57 Å². The molecule has 0 bridgehead atoms. The summed E-state index contributed by atoms with van der Waals surface area (Å²) in [6.07, 6.45) is 0. The average molecular weight is 755 g/mol. The lowest BCUT2D eigenvalue weighted by molar-refractivity contribution is 0.0926. The highest BCUT2D eigenvalue weighted by Gasteiger charge is 2.40. The molecule has 0 aliphatic carbocycles. The number of amides is 2. The molecule has 0 saturated carbocycles. The second kappa shape index (κ2) is 13.5. The lowest BCUT2D eigenvalue weighted by Gasteiger charge is -2.20. The summed E-state index contributed by atoms with van der Waals surface area (Å²) < 4.78 is 2.06. The minimum absolute atomic E-state index is 0.312. The quantitative estimate of drug-likeness (QED) is 0.154. The van der Waals surface area contributed by atoms with Crippen LogP contribution in [0.1, 0.15) is 44.0 Å². The third kappa shape index (κ3) is 5.73. The van der Waals surface area contributed by atoms with Gasteiger partial charge in [-0.15, -0.1) is 0 Å². The van der Waals surface area contributed by atoms with Crippen LogP contribution in [0.15, 0.2) is 133 Å². The highest BCUT2D eigenvalue weighted by molar-refractivity contribution is 6.36. The number of aryl methyl sites for hydroxylation is 4. The van der Waals surface area contributed by atoms with E-state index in [1.165, 1.54) is 4.90 Å². The molecular weight excluding hydrogens is 721 g/mol. The molecule has 10 rings (SSSR count). The largest absolute Gasteiger partial charge is 0.308 e. The van der Waals surface area contributed by atoms with Crippen LogP contribution >= 0.6 is 0 Å². The third-order valence-corrected chi connectivity index (χ3v) is 10.6. The summed E-state index contributed by atoms with van der Waals surface area (Å²) in [5.41, 5.74) is 8.59. The van der Waals surface area contributed by atoms with Gasteiger partial charge in [-0.1, -0.05) is 97.1 Å². The fraction of sp³-hybridized carbons (Fsp3) is 0.0833. The second-order valence-electron chi connectivity index (χ2n) is 14.4. The lowest BCUT2D eigenvalue weighted by atomic mass is 9.97. The maximum absolute atomic E-state index is 15.1. The highest BCUT2D eigenvalue weighted by atomic mass is 16.2. The Morgan fingerprint density at radius 2 is 0.914 bits per heavy atom. The molecule has 4 heterocycles. The van der Waals surface area contributed by atoms with Gasteiger partial charge in [0.05, 0.1) is 33.5 Å². The second-order valence-corrected chi connectivity index (χ2v) is 14.4. The zero-order valence-electron chi connectivity index (χ0n) is 32.1. The van der Waals surface area contributed by atoms with Crippen LogP contribution in [0.3, 0.4) is 0 Å². The first kappa shape index (κ1) is 34.7. The van der Waals surface area contributed by atoms with E-state index < -0.39 is 5.91 Å². The first-order valence-corrected chi connectivity index (χ1v) is 19.0. The highest BCUT2D eigenvalue weighted by Crippen LogP contribution is 2.42. The van der Waals surface area contributed by atoms with Crippen molar-refractivity contribution in [2.45, 2.75) is 27.7 Å². The number of carbonyl (C=O) groups is 2. The molecule has 0 radical (unpaired) electrons. The van der Waals surface area contributed by atoms with Gasteiger partial charge in [-0.05, 0) is 80.8 Å². The standard InChI is InChI=1S/C48H34N8O2/c1-27-49-28(2)52-45(51-27)34-18-21-36-37-22-19-35(46-53-29(3)50-30(4)54-46)26-43(37)55(42(36)25-34)41-17-11-16-38-44(41)48(58)56(47(38)57)40-23-20-33(31-12-7-5-8-13-31)24-39(40)32-14-9-6-10-15-32/h5-26H,1-4H3. The minimum Gasteiger partial charge on any atom is -0.308 e. The minimum atomic E-state index is -0.407. The average Bonchev–Trinajstić information content (AvgIpc) is 3.69. The molecule has 0 unspecified atom stereocenters. The van der Waals surface area contributed by atoms with Crippen molar-refractivity contribution < 1.29 is 9.59 Å². The summed E-state index contributed by atoms with van der Waals surface area (Å²) in [6, 6.07) is 43.5. The van der Waals surface area contributed by atoms with E-state index in [1.54, 1.807) is 6.07 Å². The molecule has 3 aromatic heterocycles. The molecule has 2 amide bonds. The summed E-state index contributed by atoms with van der Waals surface area (Å²) in [6.45, 7) is 7.39. The number of nitrogens with zero attached hydrogens (tertiary/aromatic N) is 8. The van der Waals surface area contributed by atoms with Gasteiger partial charge in [-0.2, -0.15) is 0 Å². The fourth-order valence-corrected chi connectivity index (χ4v) is 8.11. The molecule has 0 N–H and O–H groups in total. The van der Waals surface area contributed by atoms with Gasteiger partial charge in [0.15, 0.2) is 11.6 Å². The Bertz CT molecular complexity index is 3010. The van der Waals surface area contributed by atoms with Gasteiger partial charge in [0, 0.05) is 27.5 Å². The van der Waals surface area contributed by atoms with Gasteiger partial charge in [0.25, 0.3) is 11.8 Å². The number of hydrogen-bond acceptors (Lipinski definition) is 8. The molecular formula is C48H34N8O2. The van der Waals surface area contributed by atoms with E-state index in [0.717, 1.165) is 55.2 Å². The molecule has 0 spiro atoms. The summed E-state index contributed by atoms with van der Waals surface area (Å²) in [7, 11) is 0. The molecule has 0 saturated heterocycles. The summed E-state index contributed by atoms with van der Waals surface area (Å²) >= 11 is 0. The Labute approximate surface area is 333 Å². The number of benzene rings is 6. The van der Waals surface area contributed by atoms with E-state index in [9.17, 15) is 4.79 Å². The van der Waals surface area contributed by atoms with Crippen LogP contribution in [0.25, 0.3) is 72.5 Å². The van der Waals surface area contributed by atoms with E-state index in [0.29, 0.717) is 57.4 Å². The van der Waals surface area contributed by atoms with Crippen LogP contribution in [0.2, 0.25) is 0 Å². The number of aromatic nitrogens is 7. The maximum Gasteiger partial charge on any atom is 0.268 e. The molecule has 58 heavy (non-hydrogen) atoms. The predicted molar refractivity (Wildman–Crippen MR) is 226 cm³/mol. The Kier molecular flexibility index (Phi) is 8.08. The van der Waals surface area contributed by atoms with Crippen molar-refractivity contribution in [3.05, 3.63) is 168 Å². The molecule has 9 aromatic rings. The van der Waals surface area contributed by atoms with Gasteiger partial charge in [-0.25, -0.2) is 34.8 Å². The van der Waals surface area contributed by atoms with Crippen LogP contribution in [0, 0.1) is 27.7 Å². The van der Waals surface area contributed by atoms with Crippen molar-refractivity contribution in [3.63, 3.8) is 0 Å². The maximum atomic E-state index is 15.1. The van der Waals surface area contributed by atoms with Gasteiger partial charge in [-0.3, -0.25) is 9.59 Å².